The summed E-state index contributed by atoms with van der Waals surface area (Å²) >= 11 is 0. The van der Waals surface area contributed by atoms with Gasteiger partial charge in [0.05, 0.1) is 6.61 Å². The number of nitrogens with one attached hydrogen (secondary N) is 1. The number of ether oxygens (including phenoxy) is 1. The number of hydrogen-bond acceptors (Lipinski definition) is 2. The molecule has 1 aromatic rings. The van der Waals surface area contributed by atoms with E-state index in [4.69, 9.17) is 11.2 Å². The first-order valence-corrected chi connectivity index (χ1v) is 5.72. The van der Waals surface area contributed by atoms with Gasteiger partial charge in [0, 0.05) is 19.5 Å². The topological polar surface area (TPSA) is 21.3 Å². The molecule has 0 aliphatic heterocycles. The van der Waals surface area contributed by atoms with E-state index in [1.807, 2.05) is 12.1 Å². The molecular formula is C14H19NO. The van der Waals surface area contributed by atoms with Crippen LogP contribution in [0.3, 0.4) is 0 Å². The normalized spacial score (nSPS) is 9.75. The van der Waals surface area contributed by atoms with Crippen molar-refractivity contribution in [2.45, 2.75) is 26.3 Å². The van der Waals surface area contributed by atoms with Gasteiger partial charge in [-0.1, -0.05) is 19.1 Å². The van der Waals surface area contributed by atoms with Crippen molar-refractivity contribution < 1.29 is 4.74 Å². The van der Waals surface area contributed by atoms with Crippen LogP contribution in [0.5, 0.6) is 5.75 Å². The lowest BCUT2D eigenvalue weighted by atomic mass is 10.2. The minimum absolute atomic E-state index is 0.770. The fraction of sp³-hybridized carbons (Fsp3) is 0.429. The fourth-order valence-electron chi connectivity index (χ4n) is 1.36. The van der Waals surface area contributed by atoms with Crippen LogP contribution < -0.4 is 10.1 Å². The van der Waals surface area contributed by atoms with Gasteiger partial charge in [-0.3, -0.25) is 0 Å². The third-order valence-corrected chi connectivity index (χ3v) is 2.15. The highest BCUT2D eigenvalue weighted by Crippen LogP contribution is 2.13. The zero-order chi connectivity index (χ0) is 11.6. The van der Waals surface area contributed by atoms with Crippen molar-refractivity contribution >= 4 is 0 Å². The lowest BCUT2D eigenvalue weighted by molar-refractivity contribution is 0.317. The minimum Gasteiger partial charge on any atom is -0.494 e. The number of rotatable bonds is 7. The first kappa shape index (κ1) is 12.6. The van der Waals surface area contributed by atoms with Crippen LogP contribution in [0.2, 0.25) is 0 Å². The molecule has 0 heterocycles. The van der Waals surface area contributed by atoms with Gasteiger partial charge in [-0.05, 0) is 24.1 Å². The first-order chi connectivity index (χ1) is 7.86. The molecule has 0 saturated heterocycles. The Morgan fingerprint density at radius 2 is 2.31 bits per heavy atom. The molecule has 0 aliphatic carbocycles. The Labute approximate surface area is 98.0 Å². The van der Waals surface area contributed by atoms with Gasteiger partial charge in [0.2, 0.25) is 0 Å². The van der Waals surface area contributed by atoms with E-state index >= 15 is 0 Å². The lowest BCUT2D eigenvalue weighted by Gasteiger charge is -2.07. The third-order valence-electron chi connectivity index (χ3n) is 2.15. The molecule has 2 nitrogen and oxygen atoms in total. The van der Waals surface area contributed by atoms with Crippen LogP contribution in [0.15, 0.2) is 24.3 Å². The maximum absolute atomic E-state index is 5.56. The van der Waals surface area contributed by atoms with Gasteiger partial charge in [-0.2, -0.15) is 0 Å². The van der Waals surface area contributed by atoms with Crippen molar-refractivity contribution in [1.29, 1.82) is 0 Å². The molecule has 0 bridgehead atoms. The molecule has 0 fully saturated rings. The van der Waals surface area contributed by atoms with Crippen LogP contribution in [0, 0.1) is 12.3 Å². The summed E-state index contributed by atoms with van der Waals surface area (Å²) in [5.41, 5.74) is 1.23. The lowest BCUT2D eigenvalue weighted by Crippen LogP contribution is -2.14. The molecule has 2 heteroatoms. The predicted octanol–water partition coefficient (Wildman–Crippen LogP) is 2.59. The van der Waals surface area contributed by atoms with Gasteiger partial charge in [0.15, 0.2) is 0 Å². The van der Waals surface area contributed by atoms with E-state index in [2.05, 4.69) is 30.3 Å². The summed E-state index contributed by atoms with van der Waals surface area (Å²) in [6, 6.07) is 8.16. The summed E-state index contributed by atoms with van der Waals surface area (Å²) in [4.78, 5) is 0. The Bertz CT molecular complexity index is 341. The quantitative estimate of drug-likeness (QED) is 0.560. The van der Waals surface area contributed by atoms with Gasteiger partial charge in [0.25, 0.3) is 0 Å². The molecule has 0 amide bonds. The van der Waals surface area contributed by atoms with Crippen LogP contribution in [-0.2, 0) is 6.54 Å². The molecule has 0 unspecified atom stereocenters. The van der Waals surface area contributed by atoms with Gasteiger partial charge < -0.3 is 10.1 Å². The fourth-order valence-corrected chi connectivity index (χ4v) is 1.36. The van der Waals surface area contributed by atoms with E-state index in [0.717, 1.165) is 38.3 Å². The van der Waals surface area contributed by atoms with Crippen molar-refractivity contribution in [3.63, 3.8) is 0 Å². The Hall–Kier alpha value is -1.46. The molecule has 1 rings (SSSR count). The highest BCUT2D eigenvalue weighted by atomic mass is 16.5. The van der Waals surface area contributed by atoms with Gasteiger partial charge in [-0.15, -0.1) is 12.3 Å². The molecule has 1 N–H and O–H groups in total. The Kier molecular flexibility index (Phi) is 6.13. The van der Waals surface area contributed by atoms with E-state index < -0.39 is 0 Å². The maximum Gasteiger partial charge on any atom is 0.119 e. The average Bonchev–Trinajstić information content (AvgIpc) is 2.33. The highest BCUT2D eigenvalue weighted by molar-refractivity contribution is 5.28. The summed E-state index contributed by atoms with van der Waals surface area (Å²) < 4.78 is 5.56. The van der Waals surface area contributed by atoms with Crippen LogP contribution in [0.25, 0.3) is 0 Å². The second kappa shape index (κ2) is 7.78. The summed E-state index contributed by atoms with van der Waals surface area (Å²) in [5.74, 6) is 3.55. The standard InChI is InChI=1S/C14H19NO/c1-3-5-9-15-12-13-7-6-8-14(11-13)16-10-4-2/h1,6-8,11,15H,4-5,9-10,12H2,2H3. The summed E-state index contributed by atoms with van der Waals surface area (Å²) in [7, 11) is 0. The maximum atomic E-state index is 5.56. The Morgan fingerprint density at radius 1 is 1.44 bits per heavy atom. The Balaban J connectivity index is 2.38. The molecule has 86 valence electrons. The second-order valence-electron chi connectivity index (χ2n) is 3.63. The first-order valence-electron chi connectivity index (χ1n) is 5.72. The smallest absolute Gasteiger partial charge is 0.119 e. The molecule has 1 aromatic carbocycles. The number of terminal acetylenes is 1. The summed E-state index contributed by atoms with van der Waals surface area (Å²) in [6.45, 7) is 4.57. The largest absolute Gasteiger partial charge is 0.494 e. The highest BCUT2D eigenvalue weighted by Gasteiger charge is 1.96. The van der Waals surface area contributed by atoms with Crippen molar-refractivity contribution in [3.05, 3.63) is 29.8 Å². The van der Waals surface area contributed by atoms with Crippen LogP contribution in [-0.4, -0.2) is 13.2 Å². The Morgan fingerprint density at radius 3 is 3.06 bits per heavy atom. The van der Waals surface area contributed by atoms with E-state index in [0.29, 0.717) is 0 Å². The van der Waals surface area contributed by atoms with Gasteiger partial charge in [0.1, 0.15) is 5.75 Å². The molecule has 0 radical (unpaired) electrons. The molecule has 0 spiro atoms. The predicted molar refractivity (Wildman–Crippen MR) is 67.4 cm³/mol. The van der Waals surface area contributed by atoms with Gasteiger partial charge >= 0.3 is 0 Å². The molecule has 0 aliphatic rings. The number of hydrogen-bond donors (Lipinski definition) is 1. The average molecular weight is 217 g/mol. The van der Waals surface area contributed by atoms with E-state index in [9.17, 15) is 0 Å². The molecule has 0 aromatic heterocycles. The zero-order valence-electron chi connectivity index (χ0n) is 9.83. The zero-order valence-corrected chi connectivity index (χ0v) is 9.83. The molecule has 0 saturated carbocycles. The monoisotopic (exact) mass is 217 g/mol. The van der Waals surface area contributed by atoms with E-state index in [-0.39, 0.29) is 0 Å². The number of benzene rings is 1. The minimum atomic E-state index is 0.770. The van der Waals surface area contributed by atoms with Crippen LogP contribution in [0.1, 0.15) is 25.3 Å². The SMILES string of the molecule is C#CCCNCc1cccc(OCCC)c1. The molecule has 0 atom stereocenters. The third kappa shape index (κ3) is 4.86. The second-order valence-corrected chi connectivity index (χ2v) is 3.63. The summed E-state index contributed by atoms with van der Waals surface area (Å²) in [6.07, 6.45) is 6.98. The van der Waals surface area contributed by atoms with Crippen molar-refractivity contribution in [3.8, 4) is 18.1 Å². The van der Waals surface area contributed by atoms with Crippen molar-refractivity contribution in [2.75, 3.05) is 13.2 Å². The van der Waals surface area contributed by atoms with Crippen LogP contribution in [0.4, 0.5) is 0 Å². The van der Waals surface area contributed by atoms with Crippen LogP contribution >= 0.6 is 0 Å². The van der Waals surface area contributed by atoms with E-state index in [1.165, 1.54) is 5.56 Å². The van der Waals surface area contributed by atoms with Gasteiger partial charge in [-0.25, -0.2) is 0 Å². The summed E-state index contributed by atoms with van der Waals surface area (Å²) in [5, 5.41) is 3.29. The molecular weight excluding hydrogens is 198 g/mol. The molecule has 16 heavy (non-hydrogen) atoms. The van der Waals surface area contributed by atoms with Crippen molar-refractivity contribution in [1.82, 2.24) is 5.32 Å². The van der Waals surface area contributed by atoms with Crippen molar-refractivity contribution in [2.24, 2.45) is 0 Å². The van der Waals surface area contributed by atoms with E-state index in [1.54, 1.807) is 0 Å².